The van der Waals surface area contributed by atoms with Gasteiger partial charge in [-0.15, -0.1) is 0 Å². The molecular formula is C16H25N3O. The Morgan fingerprint density at radius 1 is 1.40 bits per heavy atom. The van der Waals surface area contributed by atoms with Crippen molar-refractivity contribution in [1.29, 1.82) is 0 Å². The number of carbonyl (C=O) groups is 1. The molecule has 1 aliphatic rings. The zero-order valence-corrected chi connectivity index (χ0v) is 12.3. The summed E-state index contributed by atoms with van der Waals surface area (Å²) >= 11 is 0. The second kappa shape index (κ2) is 7.29. The van der Waals surface area contributed by atoms with E-state index in [1.54, 1.807) is 0 Å². The molecule has 1 aromatic rings. The summed E-state index contributed by atoms with van der Waals surface area (Å²) in [4.78, 5) is 14.3. The van der Waals surface area contributed by atoms with E-state index in [0.717, 1.165) is 30.5 Å². The van der Waals surface area contributed by atoms with E-state index in [9.17, 15) is 4.79 Å². The molecule has 0 radical (unpaired) electrons. The molecule has 4 nitrogen and oxygen atoms in total. The van der Waals surface area contributed by atoms with Crippen LogP contribution in [-0.2, 0) is 0 Å². The zero-order valence-electron chi connectivity index (χ0n) is 12.3. The fourth-order valence-corrected chi connectivity index (χ4v) is 2.72. The second-order valence-electron chi connectivity index (χ2n) is 5.56. The van der Waals surface area contributed by atoms with Crippen molar-refractivity contribution in [2.75, 3.05) is 18.0 Å². The average Bonchev–Trinajstić information content (AvgIpc) is 2.92. The third-order valence-corrected chi connectivity index (χ3v) is 3.83. The molecule has 20 heavy (non-hydrogen) atoms. The normalized spacial score (nSPS) is 15.3. The van der Waals surface area contributed by atoms with Crippen molar-refractivity contribution in [1.82, 2.24) is 5.32 Å². The Balaban J connectivity index is 2.07. The highest BCUT2D eigenvalue weighted by Gasteiger charge is 2.21. The van der Waals surface area contributed by atoms with Crippen LogP contribution in [0.5, 0.6) is 0 Å². The number of anilines is 1. The number of nitrogens with one attached hydrogen (secondary N) is 1. The van der Waals surface area contributed by atoms with Crippen molar-refractivity contribution in [2.45, 2.75) is 45.1 Å². The van der Waals surface area contributed by atoms with Crippen LogP contribution < -0.4 is 16.0 Å². The summed E-state index contributed by atoms with van der Waals surface area (Å²) in [6.07, 6.45) is 5.46. The van der Waals surface area contributed by atoms with Crippen LogP contribution in [0.15, 0.2) is 24.3 Å². The average molecular weight is 275 g/mol. The van der Waals surface area contributed by atoms with E-state index in [1.165, 1.54) is 12.8 Å². The number of carbonyl (C=O) groups excluding carboxylic acids is 1. The van der Waals surface area contributed by atoms with E-state index in [0.29, 0.717) is 19.1 Å². The SMILES string of the molecule is Cc1cccc(N(CCCN)C(=O)NC2CCCC2)c1. The van der Waals surface area contributed by atoms with Gasteiger partial charge in [0.05, 0.1) is 0 Å². The van der Waals surface area contributed by atoms with Gasteiger partial charge in [-0.3, -0.25) is 4.90 Å². The van der Waals surface area contributed by atoms with Crippen molar-refractivity contribution in [3.05, 3.63) is 29.8 Å². The maximum Gasteiger partial charge on any atom is 0.322 e. The van der Waals surface area contributed by atoms with E-state index in [-0.39, 0.29) is 6.03 Å². The highest BCUT2D eigenvalue weighted by atomic mass is 16.2. The molecule has 1 saturated carbocycles. The first-order valence-corrected chi connectivity index (χ1v) is 7.55. The molecule has 0 aromatic heterocycles. The van der Waals surface area contributed by atoms with Gasteiger partial charge in [0.25, 0.3) is 0 Å². The molecule has 1 fully saturated rings. The van der Waals surface area contributed by atoms with Crippen molar-refractivity contribution in [3.63, 3.8) is 0 Å². The summed E-state index contributed by atoms with van der Waals surface area (Å²) in [5, 5.41) is 3.15. The molecule has 110 valence electrons. The first-order chi connectivity index (χ1) is 9.70. The molecule has 2 amide bonds. The van der Waals surface area contributed by atoms with Gasteiger partial charge in [0.1, 0.15) is 0 Å². The number of hydrogen-bond donors (Lipinski definition) is 2. The van der Waals surface area contributed by atoms with Gasteiger partial charge in [-0.1, -0.05) is 25.0 Å². The topological polar surface area (TPSA) is 58.4 Å². The van der Waals surface area contributed by atoms with E-state index >= 15 is 0 Å². The van der Waals surface area contributed by atoms with Crippen molar-refractivity contribution >= 4 is 11.7 Å². The predicted octanol–water partition coefficient (Wildman–Crippen LogP) is 2.80. The molecule has 0 heterocycles. The Bertz CT molecular complexity index is 441. The predicted molar refractivity (Wildman–Crippen MR) is 83.0 cm³/mol. The molecule has 0 bridgehead atoms. The third-order valence-electron chi connectivity index (χ3n) is 3.83. The summed E-state index contributed by atoms with van der Waals surface area (Å²) < 4.78 is 0. The summed E-state index contributed by atoms with van der Waals surface area (Å²) in [7, 11) is 0. The number of nitrogens with two attached hydrogens (primary N) is 1. The fraction of sp³-hybridized carbons (Fsp3) is 0.562. The van der Waals surface area contributed by atoms with E-state index in [2.05, 4.69) is 5.32 Å². The Labute approximate surface area is 121 Å². The smallest absolute Gasteiger partial charge is 0.322 e. The number of rotatable bonds is 5. The maximum atomic E-state index is 12.5. The standard InChI is InChI=1S/C16H25N3O/c1-13-6-4-9-15(12-13)19(11-5-10-17)16(20)18-14-7-2-3-8-14/h4,6,9,12,14H,2-3,5,7-8,10-11,17H2,1H3,(H,18,20). The van der Waals surface area contributed by atoms with Gasteiger partial charge in [0.15, 0.2) is 0 Å². The Kier molecular flexibility index (Phi) is 5.41. The summed E-state index contributed by atoms with van der Waals surface area (Å²) in [5.41, 5.74) is 7.70. The molecule has 0 spiro atoms. The molecule has 2 rings (SSSR count). The molecule has 3 N–H and O–H groups in total. The molecule has 0 atom stereocenters. The van der Waals surface area contributed by atoms with E-state index < -0.39 is 0 Å². The van der Waals surface area contributed by atoms with Crippen LogP contribution in [-0.4, -0.2) is 25.2 Å². The quantitative estimate of drug-likeness (QED) is 0.868. The van der Waals surface area contributed by atoms with Gasteiger partial charge in [0.2, 0.25) is 0 Å². The van der Waals surface area contributed by atoms with Gasteiger partial charge in [-0.05, 0) is 50.4 Å². The van der Waals surface area contributed by atoms with Gasteiger partial charge in [-0.2, -0.15) is 0 Å². The number of urea groups is 1. The lowest BCUT2D eigenvalue weighted by Crippen LogP contribution is -2.45. The number of aryl methyl sites for hydroxylation is 1. The largest absolute Gasteiger partial charge is 0.335 e. The fourth-order valence-electron chi connectivity index (χ4n) is 2.72. The van der Waals surface area contributed by atoms with Crippen LogP contribution in [0, 0.1) is 6.92 Å². The van der Waals surface area contributed by atoms with Crippen LogP contribution in [0.1, 0.15) is 37.7 Å². The highest BCUT2D eigenvalue weighted by Crippen LogP contribution is 2.20. The Hall–Kier alpha value is -1.55. The van der Waals surface area contributed by atoms with E-state index in [1.807, 2.05) is 36.1 Å². The number of nitrogens with zero attached hydrogens (tertiary/aromatic N) is 1. The summed E-state index contributed by atoms with van der Waals surface area (Å²) in [6.45, 7) is 3.30. The van der Waals surface area contributed by atoms with Gasteiger partial charge in [0, 0.05) is 18.3 Å². The van der Waals surface area contributed by atoms with Crippen LogP contribution in [0.3, 0.4) is 0 Å². The van der Waals surface area contributed by atoms with Crippen molar-refractivity contribution in [3.8, 4) is 0 Å². The molecule has 0 saturated heterocycles. The Morgan fingerprint density at radius 3 is 2.80 bits per heavy atom. The van der Waals surface area contributed by atoms with Crippen LogP contribution in [0.4, 0.5) is 10.5 Å². The summed E-state index contributed by atoms with van der Waals surface area (Å²) in [5.74, 6) is 0. The third kappa shape index (κ3) is 3.97. The number of benzene rings is 1. The zero-order chi connectivity index (χ0) is 14.4. The second-order valence-corrected chi connectivity index (χ2v) is 5.56. The monoisotopic (exact) mass is 275 g/mol. The van der Waals surface area contributed by atoms with Crippen LogP contribution in [0.2, 0.25) is 0 Å². The van der Waals surface area contributed by atoms with Gasteiger partial charge in [-0.25, -0.2) is 4.79 Å². The minimum absolute atomic E-state index is 0.0101. The first-order valence-electron chi connectivity index (χ1n) is 7.55. The van der Waals surface area contributed by atoms with Crippen molar-refractivity contribution < 1.29 is 4.79 Å². The minimum Gasteiger partial charge on any atom is -0.335 e. The molecular weight excluding hydrogens is 250 g/mol. The molecule has 1 aliphatic carbocycles. The summed E-state index contributed by atoms with van der Waals surface area (Å²) in [6, 6.07) is 8.41. The van der Waals surface area contributed by atoms with Crippen LogP contribution >= 0.6 is 0 Å². The number of amides is 2. The lowest BCUT2D eigenvalue weighted by Gasteiger charge is -2.25. The van der Waals surface area contributed by atoms with Crippen molar-refractivity contribution in [2.24, 2.45) is 5.73 Å². The number of hydrogen-bond acceptors (Lipinski definition) is 2. The first kappa shape index (κ1) is 14.9. The molecule has 1 aromatic carbocycles. The van der Waals surface area contributed by atoms with E-state index in [4.69, 9.17) is 5.73 Å². The van der Waals surface area contributed by atoms with Crippen LogP contribution in [0.25, 0.3) is 0 Å². The molecule has 4 heteroatoms. The Morgan fingerprint density at radius 2 is 2.15 bits per heavy atom. The maximum absolute atomic E-state index is 12.5. The molecule has 0 aliphatic heterocycles. The minimum atomic E-state index is 0.0101. The highest BCUT2D eigenvalue weighted by molar-refractivity contribution is 5.92. The van der Waals surface area contributed by atoms with Gasteiger partial charge >= 0.3 is 6.03 Å². The lowest BCUT2D eigenvalue weighted by molar-refractivity contribution is 0.242. The molecule has 0 unspecified atom stereocenters. The lowest BCUT2D eigenvalue weighted by atomic mass is 10.2. The van der Waals surface area contributed by atoms with Gasteiger partial charge < -0.3 is 11.1 Å².